The van der Waals surface area contributed by atoms with Crippen LogP contribution < -0.4 is 10.6 Å². The Balaban J connectivity index is 1.97. The molecule has 0 aliphatic rings. The van der Waals surface area contributed by atoms with Crippen LogP contribution in [0.5, 0.6) is 0 Å². The zero-order chi connectivity index (χ0) is 29.3. The van der Waals surface area contributed by atoms with Gasteiger partial charge in [0.15, 0.2) is 0 Å². The lowest BCUT2D eigenvalue weighted by molar-refractivity contribution is -0.142. The van der Waals surface area contributed by atoms with E-state index in [1.807, 2.05) is 99.6 Å². The molecule has 0 saturated carbocycles. The van der Waals surface area contributed by atoms with Crippen molar-refractivity contribution in [3.05, 3.63) is 107 Å². The lowest BCUT2D eigenvalue weighted by atomic mass is 9.97. The topological polar surface area (TPSA) is 87.7 Å². The number of carbonyl (C=O) groups is 3. The number of alkyl carbamates (subject to hydrolysis) is 1. The predicted octanol–water partition coefficient (Wildman–Crippen LogP) is 5.65. The van der Waals surface area contributed by atoms with Crippen LogP contribution in [-0.2, 0) is 27.3 Å². The highest BCUT2D eigenvalue weighted by atomic mass is 16.6. The van der Waals surface area contributed by atoms with Gasteiger partial charge in [0, 0.05) is 19.5 Å². The number of nitrogens with one attached hydrogen (secondary N) is 2. The quantitative estimate of drug-likeness (QED) is 0.346. The number of aryl methyl sites for hydroxylation is 2. The van der Waals surface area contributed by atoms with Crippen LogP contribution in [0.1, 0.15) is 61.6 Å². The van der Waals surface area contributed by atoms with E-state index in [4.69, 9.17) is 4.74 Å². The summed E-state index contributed by atoms with van der Waals surface area (Å²) < 4.78 is 5.48. The largest absolute Gasteiger partial charge is 0.444 e. The van der Waals surface area contributed by atoms with Crippen molar-refractivity contribution in [3.8, 4) is 0 Å². The summed E-state index contributed by atoms with van der Waals surface area (Å²) in [6.45, 7) is 11.7. The molecule has 0 saturated heterocycles. The van der Waals surface area contributed by atoms with Gasteiger partial charge in [-0.25, -0.2) is 4.79 Å². The first-order chi connectivity index (χ1) is 19.0. The average Bonchev–Trinajstić information content (AvgIpc) is 2.91. The Morgan fingerprint density at radius 2 is 1.45 bits per heavy atom. The van der Waals surface area contributed by atoms with Gasteiger partial charge in [-0.05, 0) is 69.4 Å². The number of rotatable bonds is 10. The Labute approximate surface area is 237 Å². The van der Waals surface area contributed by atoms with Gasteiger partial charge in [0.1, 0.15) is 17.7 Å². The second kappa shape index (κ2) is 13.8. The molecule has 3 aromatic carbocycles. The molecule has 40 heavy (non-hydrogen) atoms. The summed E-state index contributed by atoms with van der Waals surface area (Å²) in [5, 5.41) is 5.79. The fourth-order valence-corrected chi connectivity index (χ4v) is 4.45. The van der Waals surface area contributed by atoms with E-state index in [0.29, 0.717) is 12.1 Å². The number of ether oxygens (including phenoxy) is 1. The van der Waals surface area contributed by atoms with Gasteiger partial charge >= 0.3 is 6.09 Å². The number of amides is 3. The number of nitrogens with zero attached hydrogens (tertiary/aromatic N) is 1. The Morgan fingerprint density at radius 1 is 0.850 bits per heavy atom. The van der Waals surface area contributed by atoms with Gasteiger partial charge in [-0.1, -0.05) is 78.9 Å². The van der Waals surface area contributed by atoms with Crippen LogP contribution in [0.4, 0.5) is 4.79 Å². The minimum absolute atomic E-state index is 0.251. The minimum Gasteiger partial charge on any atom is -0.444 e. The third-order valence-electron chi connectivity index (χ3n) is 6.61. The van der Waals surface area contributed by atoms with Crippen molar-refractivity contribution < 1.29 is 19.1 Å². The predicted molar refractivity (Wildman–Crippen MR) is 158 cm³/mol. The normalized spacial score (nSPS) is 12.7. The molecule has 0 spiro atoms. The van der Waals surface area contributed by atoms with Crippen molar-refractivity contribution in [2.45, 2.75) is 72.2 Å². The SMILES string of the molecule is CCN(C(=O)C(Cc1ccccc1)NC(=O)OC(C)(C)C)C(C(=O)NCc1ccccc1)c1ccc(C)c(C)c1. The molecule has 0 aliphatic carbocycles. The molecule has 0 aliphatic heterocycles. The number of likely N-dealkylation sites (N-methyl/N-ethyl adjacent to an activating group) is 1. The summed E-state index contributed by atoms with van der Waals surface area (Å²) in [5.41, 5.74) is 3.93. The van der Waals surface area contributed by atoms with E-state index in [9.17, 15) is 14.4 Å². The van der Waals surface area contributed by atoms with Crippen LogP contribution >= 0.6 is 0 Å². The van der Waals surface area contributed by atoms with E-state index in [0.717, 1.165) is 22.3 Å². The molecule has 2 atom stereocenters. The molecule has 0 heterocycles. The molecule has 7 nitrogen and oxygen atoms in total. The second-order valence-corrected chi connectivity index (χ2v) is 11.0. The highest BCUT2D eigenvalue weighted by Crippen LogP contribution is 2.25. The molecule has 7 heteroatoms. The lowest BCUT2D eigenvalue weighted by Gasteiger charge is -2.34. The van der Waals surface area contributed by atoms with Crippen molar-refractivity contribution in [2.75, 3.05) is 6.54 Å². The molecule has 2 unspecified atom stereocenters. The fourth-order valence-electron chi connectivity index (χ4n) is 4.45. The van der Waals surface area contributed by atoms with E-state index in [2.05, 4.69) is 10.6 Å². The second-order valence-electron chi connectivity index (χ2n) is 11.0. The van der Waals surface area contributed by atoms with Gasteiger partial charge in [0.05, 0.1) is 0 Å². The van der Waals surface area contributed by atoms with Gasteiger partial charge in [-0.2, -0.15) is 0 Å². The van der Waals surface area contributed by atoms with Crippen LogP contribution in [0.15, 0.2) is 78.9 Å². The summed E-state index contributed by atoms with van der Waals surface area (Å²) in [6, 6.07) is 23.1. The molecule has 0 fully saturated rings. The highest BCUT2D eigenvalue weighted by molar-refractivity contribution is 5.92. The maximum absolute atomic E-state index is 14.2. The first kappa shape index (κ1) is 30.4. The third-order valence-corrected chi connectivity index (χ3v) is 6.61. The Kier molecular flexibility index (Phi) is 10.5. The van der Waals surface area contributed by atoms with Crippen LogP contribution in [0.25, 0.3) is 0 Å². The van der Waals surface area contributed by atoms with Gasteiger partial charge in [-0.15, -0.1) is 0 Å². The molecule has 0 aromatic heterocycles. The van der Waals surface area contributed by atoms with Crippen LogP contribution in [0, 0.1) is 13.8 Å². The summed E-state index contributed by atoms with van der Waals surface area (Å²) in [7, 11) is 0. The molecule has 212 valence electrons. The summed E-state index contributed by atoms with van der Waals surface area (Å²) in [6.07, 6.45) is -0.435. The molecule has 3 aromatic rings. The van der Waals surface area contributed by atoms with Crippen LogP contribution in [0.3, 0.4) is 0 Å². The minimum atomic E-state index is -0.937. The van der Waals surface area contributed by atoms with Crippen molar-refractivity contribution in [1.29, 1.82) is 0 Å². The zero-order valence-electron chi connectivity index (χ0n) is 24.4. The zero-order valence-corrected chi connectivity index (χ0v) is 24.4. The molecular weight excluding hydrogens is 502 g/mol. The Morgan fingerprint density at radius 3 is 2.00 bits per heavy atom. The summed E-state index contributed by atoms with van der Waals surface area (Å²) in [5.74, 6) is -0.659. The first-order valence-electron chi connectivity index (χ1n) is 13.7. The van der Waals surface area contributed by atoms with E-state index in [1.54, 1.807) is 20.8 Å². The highest BCUT2D eigenvalue weighted by Gasteiger charge is 2.35. The van der Waals surface area contributed by atoms with Crippen molar-refractivity contribution in [1.82, 2.24) is 15.5 Å². The van der Waals surface area contributed by atoms with Gasteiger partial charge in [0.25, 0.3) is 0 Å². The van der Waals surface area contributed by atoms with Crippen molar-refractivity contribution in [2.24, 2.45) is 0 Å². The van der Waals surface area contributed by atoms with Gasteiger partial charge in [0.2, 0.25) is 11.8 Å². The number of hydrogen-bond donors (Lipinski definition) is 2. The number of hydrogen-bond acceptors (Lipinski definition) is 4. The van der Waals surface area contributed by atoms with Crippen LogP contribution in [-0.4, -0.2) is 41.0 Å². The monoisotopic (exact) mass is 543 g/mol. The smallest absolute Gasteiger partial charge is 0.408 e. The van der Waals surface area contributed by atoms with E-state index >= 15 is 0 Å². The molecule has 2 N–H and O–H groups in total. The molecule has 0 bridgehead atoms. The third kappa shape index (κ3) is 8.70. The molecule has 0 radical (unpaired) electrons. The van der Waals surface area contributed by atoms with Crippen molar-refractivity contribution >= 4 is 17.9 Å². The average molecular weight is 544 g/mol. The fraction of sp³-hybridized carbons (Fsp3) is 0.364. The maximum atomic E-state index is 14.2. The maximum Gasteiger partial charge on any atom is 0.408 e. The number of carbonyl (C=O) groups excluding carboxylic acids is 3. The van der Waals surface area contributed by atoms with E-state index < -0.39 is 23.8 Å². The van der Waals surface area contributed by atoms with Crippen molar-refractivity contribution in [3.63, 3.8) is 0 Å². The number of benzene rings is 3. The lowest BCUT2D eigenvalue weighted by Crippen LogP contribution is -2.53. The Bertz CT molecular complexity index is 1290. The van der Waals surface area contributed by atoms with Crippen LogP contribution in [0.2, 0.25) is 0 Å². The van der Waals surface area contributed by atoms with E-state index in [-0.39, 0.29) is 24.8 Å². The summed E-state index contributed by atoms with van der Waals surface area (Å²) in [4.78, 5) is 42.3. The Hall–Kier alpha value is -4.13. The standard InChI is InChI=1S/C33H41N3O4/c1-7-36(31(38)28(21-25-14-10-8-11-15-25)35-32(39)40-33(4,5)6)29(27-19-18-23(2)24(3)20-27)30(37)34-22-26-16-12-9-13-17-26/h8-20,28-29H,7,21-22H2,1-6H3,(H,34,37)(H,35,39). The molecular formula is C33H41N3O4. The molecule has 3 rings (SSSR count). The van der Waals surface area contributed by atoms with Gasteiger partial charge in [-0.3, -0.25) is 9.59 Å². The molecule has 3 amide bonds. The summed E-state index contributed by atoms with van der Waals surface area (Å²) >= 11 is 0. The van der Waals surface area contributed by atoms with Gasteiger partial charge < -0.3 is 20.3 Å². The first-order valence-corrected chi connectivity index (χ1v) is 13.7. The van der Waals surface area contributed by atoms with E-state index in [1.165, 1.54) is 4.90 Å².